The molecule has 19 heavy (non-hydrogen) atoms. The maximum Gasteiger partial charge on any atom is 0.123 e. The van der Waals surface area contributed by atoms with Gasteiger partial charge in [0.2, 0.25) is 0 Å². The Hall–Kier alpha value is -1.76. The Morgan fingerprint density at radius 3 is 2.37 bits per heavy atom. The van der Waals surface area contributed by atoms with E-state index in [1.165, 1.54) is 22.3 Å². The SMILES string of the molecule is Cc1cccc(COc2ccc(C)cc2C(C)C)c1. The first kappa shape index (κ1) is 13.7. The fourth-order valence-corrected chi connectivity index (χ4v) is 2.21. The highest BCUT2D eigenvalue weighted by Gasteiger charge is 2.08. The standard InChI is InChI=1S/C18H22O/c1-13(2)17-11-15(4)8-9-18(17)19-12-16-7-5-6-14(3)10-16/h5-11,13H,12H2,1-4H3. The van der Waals surface area contributed by atoms with Crippen LogP contribution in [-0.4, -0.2) is 0 Å². The summed E-state index contributed by atoms with van der Waals surface area (Å²) in [6.07, 6.45) is 0. The van der Waals surface area contributed by atoms with Gasteiger partial charge in [0.25, 0.3) is 0 Å². The topological polar surface area (TPSA) is 9.23 Å². The van der Waals surface area contributed by atoms with Crippen LogP contribution in [0.15, 0.2) is 42.5 Å². The smallest absolute Gasteiger partial charge is 0.123 e. The fraction of sp³-hybridized carbons (Fsp3) is 0.333. The molecule has 0 radical (unpaired) electrons. The van der Waals surface area contributed by atoms with Crippen molar-refractivity contribution in [2.24, 2.45) is 0 Å². The molecule has 0 aliphatic rings. The van der Waals surface area contributed by atoms with Crippen LogP contribution in [0, 0.1) is 13.8 Å². The molecule has 0 amide bonds. The van der Waals surface area contributed by atoms with Gasteiger partial charge in [0.1, 0.15) is 12.4 Å². The first-order valence-electron chi connectivity index (χ1n) is 6.85. The molecule has 0 bridgehead atoms. The van der Waals surface area contributed by atoms with Gasteiger partial charge < -0.3 is 4.74 Å². The highest BCUT2D eigenvalue weighted by molar-refractivity contribution is 5.39. The maximum atomic E-state index is 5.99. The minimum Gasteiger partial charge on any atom is -0.489 e. The Labute approximate surface area is 116 Å². The second-order valence-corrected chi connectivity index (χ2v) is 5.47. The van der Waals surface area contributed by atoms with Crippen molar-refractivity contribution in [3.8, 4) is 5.75 Å². The van der Waals surface area contributed by atoms with E-state index in [1.54, 1.807) is 0 Å². The third kappa shape index (κ3) is 3.60. The summed E-state index contributed by atoms with van der Waals surface area (Å²) in [5.74, 6) is 1.48. The van der Waals surface area contributed by atoms with E-state index in [0.29, 0.717) is 12.5 Å². The summed E-state index contributed by atoms with van der Waals surface area (Å²) < 4.78 is 5.99. The van der Waals surface area contributed by atoms with Crippen LogP contribution in [0.5, 0.6) is 5.75 Å². The molecule has 0 heterocycles. The summed E-state index contributed by atoms with van der Waals surface area (Å²) in [6.45, 7) is 9.26. The molecule has 0 fully saturated rings. The molecule has 0 aliphatic heterocycles. The fourth-order valence-electron chi connectivity index (χ4n) is 2.21. The lowest BCUT2D eigenvalue weighted by Gasteiger charge is -2.15. The van der Waals surface area contributed by atoms with E-state index in [-0.39, 0.29) is 0 Å². The zero-order valence-corrected chi connectivity index (χ0v) is 12.2. The molecule has 2 aromatic carbocycles. The monoisotopic (exact) mass is 254 g/mol. The highest BCUT2D eigenvalue weighted by atomic mass is 16.5. The first-order valence-corrected chi connectivity index (χ1v) is 6.85. The van der Waals surface area contributed by atoms with Crippen molar-refractivity contribution in [2.75, 3.05) is 0 Å². The van der Waals surface area contributed by atoms with E-state index in [4.69, 9.17) is 4.74 Å². The second-order valence-electron chi connectivity index (χ2n) is 5.47. The molecule has 1 heteroatoms. The van der Waals surface area contributed by atoms with Gasteiger partial charge in [0.05, 0.1) is 0 Å². The summed E-state index contributed by atoms with van der Waals surface area (Å²) in [4.78, 5) is 0. The molecular formula is C18H22O. The quantitative estimate of drug-likeness (QED) is 0.745. The Morgan fingerprint density at radius 2 is 1.68 bits per heavy atom. The molecule has 1 nitrogen and oxygen atoms in total. The molecule has 0 atom stereocenters. The van der Waals surface area contributed by atoms with Crippen LogP contribution in [0.3, 0.4) is 0 Å². The van der Waals surface area contributed by atoms with Crippen LogP contribution < -0.4 is 4.74 Å². The molecule has 2 aromatic rings. The van der Waals surface area contributed by atoms with Gasteiger partial charge in [-0.1, -0.05) is 61.4 Å². The summed E-state index contributed by atoms with van der Waals surface area (Å²) >= 11 is 0. The first-order chi connectivity index (χ1) is 9.06. The predicted molar refractivity (Wildman–Crippen MR) is 80.8 cm³/mol. The number of benzene rings is 2. The molecule has 0 aromatic heterocycles. The lowest BCUT2D eigenvalue weighted by Crippen LogP contribution is -2.00. The van der Waals surface area contributed by atoms with Gasteiger partial charge in [-0.25, -0.2) is 0 Å². The molecule has 0 N–H and O–H groups in total. The summed E-state index contributed by atoms with van der Waals surface area (Å²) in [5, 5.41) is 0. The second kappa shape index (κ2) is 5.92. The van der Waals surface area contributed by atoms with E-state index >= 15 is 0 Å². The van der Waals surface area contributed by atoms with Crippen LogP contribution in [-0.2, 0) is 6.61 Å². The molecular weight excluding hydrogens is 232 g/mol. The van der Waals surface area contributed by atoms with Gasteiger partial charge in [-0.3, -0.25) is 0 Å². The lowest BCUT2D eigenvalue weighted by molar-refractivity contribution is 0.301. The number of rotatable bonds is 4. The molecule has 0 unspecified atom stereocenters. The normalized spacial score (nSPS) is 10.8. The zero-order chi connectivity index (χ0) is 13.8. The Kier molecular flexibility index (Phi) is 4.26. The number of ether oxygens (including phenoxy) is 1. The van der Waals surface area contributed by atoms with Gasteiger partial charge in [-0.05, 0) is 37.0 Å². The van der Waals surface area contributed by atoms with E-state index < -0.39 is 0 Å². The van der Waals surface area contributed by atoms with Gasteiger partial charge in [0, 0.05) is 0 Å². The van der Waals surface area contributed by atoms with Crippen molar-refractivity contribution in [1.82, 2.24) is 0 Å². The van der Waals surface area contributed by atoms with Crippen molar-refractivity contribution >= 4 is 0 Å². The van der Waals surface area contributed by atoms with Crippen molar-refractivity contribution in [1.29, 1.82) is 0 Å². The maximum absolute atomic E-state index is 5.99. The van der Waals surface area contributed by atoms with Crippen molar-refractivity contribution in [3.05, 3.63) is 64.7 Å². The Bertz CT molecular complexity index is 555. The van der Waals surface area contributed by atoms with E-state index in [9.17, 15) is 0 Å². The third-order valence-corrected chi connectivity index (χ3v) is 3.26. The van der Waals surface area contributed by atoms with Crippen LogP contribution in [0.2, 0.25) is 0 Å². The largest absolute Gasteiger partial charge is 0.489 e. The minimum absolute atomic E-state index is 0.479. The average molecular weight is 254 g/mol. The van der Waals surface area contributed by atoms with Crippen LogP contribution >= 0.6 is 0 Å². The molecule has 0 saturated heterocycles. The van der Waals surface area contributed by atoms with Crippen molar-refractivity contribution < 1.29 is 4.74 Å². The lowest BCUT2D eigenvalue weighted by atomic mass is 10.00. The van der Waals surface area contributed by atoms with Crippen LogP contribution in [0.1, 0.15) is 42.0 Å². The van der Waals surface area contributed by atoms with Gasteiger partial charge >= 0.3 is 0 Å². The molecule has 0 aliphatic carbocycles. The molecule has 100 valence electrons. The van der Waals surface area contributed by atoms with E-state index in [2.05, 4.69) is 70.2 Å². The summed E-state index contributed by atoms with van der Waals surface area (Å²) in [6, 6.07) is 14.9. The van der Waals surface area contributed by atoms with Gasteiger partial charge in [0.15, 0.2) is 0 Å². The van der Waals surface area contributed by atoms with Gasteiger partial charge in [-0.2, -0.15) is 0 Å². The number of hydrogen-bond donors (Lipinski definition) is 0. The van der Waals surface area contributed by atoms with E-state index in [0.717, 1.165) is 5.75 Å². The van der Waals surface area contributed by atoms with Crippen LogP contribution in [0.4, 0.5) is 0 Å². The zero-order valence-electron chi connectivity index (χ0n) is 12.2. The minimum atomic E-state index is 0.479. The highest BCUT2D eigenvalue weighted by Crippen LogP contribution is 2.28. The van der Waals surface area contributed by atoms with E-state index in [1.807, 2.05) is 0 Å². The summed E-state index contributed by atoms with van der Waals surface area (Å²) in [5.41, 5.74) is 5.06. The van der Waals surface area contributed by atoms with Gasteiger partial charge in [-0.15, -0.1) is 0 Å². The Balaban J connectivity index is 2.15. The summed E-state index contributed by atoms with van der Waals surface area (Å²) in [7, 11) is 0. The molecule has 0 spiro atoms. The van der Waals surface area contributed by atoms with Crippen molar-refractivity contribution in [2.45, 2.75) is 40.2 Å². The number of aryl methyl sites for hydroxylation is 2. The number of hydrogen-bond acceptors (Lipinski definition) is 1. The molecule has 2 rings (SSSR count). The van der Waals surface area contributed by atoms with Crippen molar-refractivity contribution in [3.63, 3.8) is 0 Å². The Morgan fingerprint density at radius 1 is 0.947 bits per heavy atom. The molecule has 0 saturated carbocycles. The average Bonchev–Trinajstić information content (AvgIpc) is 2.37. The third-order valence-electron chi connectivity index (χ3n) is 3.26. The van der Waals surface area contributed by atoms with Crippen LogP contribution in [0.25, 0.3) is 0 Å². The predicted octanol–water partition coefficient (Wildman–Crippen LogP) is 5.01.